The van der Waals surface area contributed by atoms with Crippen molar-refractivity contribution in [3.63, 3.8) is 0 Å². The highest BCUT2D eigenvalue weighted by Gasteiger charge is 2.37. The highest BCUT2D eigenvalue weighted by Crippen LogP contribution is 2.31. The third-order valence-electron chi connectivity index (χ3n) is 9.90. The molecule has 10 nitrogen and oxygen atoms in total. The molecule has 55 heavy (non-hydrogen) atoms. The van der Waals surface area contributed by atoms with Crippen LogP contribution in [0.25, 0.3) is 22.3 Å². The van der Waals surface area contributed by atoms with Gasteiger partial charge in [0.15, 0.2) is 0 Å². The number of nitrogens with one attached hydrogen (secondary N) is 3. The van der Waals surface area contributed by atoms with E-state index in [-0.39, 0.29) is 36.6 Å². The molecule has 1 saturated heterocycles. The topological polar surface area (TPSA) is 124 Å². The summed E-state index contributed by atoms with van der Waals surface area (Å²) in [5.41, 5.74) is 4.53. The summed E-state index contributed by atoms with van der Waals surface area (Å²) in [7, 11) is 0. The first kappa shape index (κ1) is 39.0. The second kappa shape index (κ2) is 18.5. The number of carbonyl (C=O) groups excluding carboxylic acids is 4. The van der Waals surface area contributed by atoms with Crippen LogP contribution in [0.15, 0.2) is 114 Å². The van der Waals surface area contributed by atoms with E-state index in [1.807, 2.05) is 97.9 Å². The summed E-state index contributed by atoms with van der Waals surface area (Å²) in [5, 5.41) is 10.2. The largest absolute Gasteiger partial charge is 0.456 e. The van der Waals surface area contributed by atoms with E-state index in [0.29, 0.717) is 54.7 Å². The number of anilines is 2. The van der Waals surface area contributed by atoms with E-state index in [4.69, 9.17) is 4.42 Å². The second-order valence-corrected chi connectivity index (χ2v) is 14.6. The number of nitrogens with zero attached hydrogens (tertiary/aromatic N) is 2. The summed E-state index contributed by atoms with van der Waals surface area (Å²) in [4.78, 5) is 56.8. The Labute approximate surface area is 323 Å². The van der Waals surface area contributed by atoms with Crippen molar-refractivity contribution in [2.75, 3.05) is 36.8 Å². The van der Waals surface area contributed by atoms with Crippen molar-refractivity contribution in [1.82, 2.24) is 15.1 Å². The van der Waals surface area contributed by atoms with Crippen LogP contribution in [0.4, 0.5) is 11.4 Å². The molecule has 0 spiro atoms. The van der Waals surface area contributed by atoms with E-state index < -0.39 is 12.1 Å². The summed E-state index contributed by atoms with van der Waals surface area (Å²) in [6.07, 6.45) is 3.31. The Morgan fingerprint density at radius 2 is 1.56 bits per heavy atom. The van der Waals surface area contributed by atoms with E-state index in [1.165, 1.54) is 0 Å². The quantitative estimate of drug-likeness (QED) is 0.0948. The number of rotatable bonds is 16. The Kier molecular flexibility index (Phi) is 13.1. The Morgan fingerprint density at radius 3 is 2.27 bits per heavy atom. The minimum atomic E-state index is -0.565. The van der Waals surface area contributed by atoms with Crippen LogP contribution in [0, 0.1) is 5.92 Å². The smallest absolute Gasteiger partial charge is 0.247 e. The highest BCUT2D eigenvalue weighted by atomic mass is 16.3. The lowest BCUT2D eigenvalue weighted by Gasteiger charge is -2.29. The number of furan rings is 1. The van der Waals surface area contributed by atoms with Crippen molar-refractivity contribution < 1.29 is 23.6 Å². The maximum absolute atomic E-state index is 14.0. The third-order valence-corrected chi connectivity index (χ3v) is 9.90. The summed E-state index contributed by atoms with van der Waals surface area (Å²) >= 11 is 0. The number of fused-ring (bicyclic) bond motifs is 1. The maximum Gasteiger partial charge on any atom is 0.247 e. The van der Waals surface area contributed by atoms with Crippen LogP contribution in [0.5, 0.6) is 0 Å². The van der Waals surface area contributed by atoms with E-state index in [1.54, 1.807) is 28.0 Å². The van der Waals surface area contributed by atoms with Gasteiger partial charge in [0.1, 0.15) is 23.4 Å². The minimum absolute atomic E-state index is 0.0252. The van der Waals surface area contributed by atoms with Gasteiger partial charge in [-0.05, 0) is 97.8 Å². The molecule has 286 valence electrons. The molecule has 5 aromatic rings. The van der Waals surface area contributed by atoms with Gasteiger partial charge >= 0.3 is 0 Å². The molecule has 3 N–H and O–H groups in total. The number of benzene rings is 4. The van der Waals surface area contributed by atoms with Crippen molar-refractivity contribution in [3.8, 4) is 11.3 Å². The van der Waals surface area contributed by atoms with Gasteiger partial charge in [0.25, 0.3) is 0 Å². The minimum Gasteiger partial charge on any atom is -0.456 e. The molecule has 10 heteroatoms. The summed E-state index contributed by atoms with van der Waals surface area (Å²) in [6.45, 7) is 8.02. The molecule has 1 aliphatic rings. The Bertz CT molecular complexity index is 2060. The third kappa shape index (κ3) is 10.3. The first-order chi connectivity index (χ1) is 26.7. The number of carbonyl (C=O) groups is 4. The molecular weight excluding hydrogens is 691 g/mol. The monoisotopic (exact) mass is 741 g/mol. The number of hydrogen-bond acceptors (Lipinski definition) is 6. The van der Waals surface area contributed by atoms with Gasteiger partial charge in [-0.3, -0.25) is 19.2 Å². The summed E-state index contributed by atoms with van der Waals surface area (Å²) < 4.78 is 6.15. The molecule has 4 amide bonds. The zero-order valence-corrected chi connectivity index (χ0v) is 31.9. The molecule has 1 fully saturated rings. The molecule has 6 rings (SSSR count). The number of likely N-dealkylation sites (tertiary alicyclic amines) is 1. The lowest BCUT2D eigenvalue weighted by Crippen LogP contribution is -2.48. The first-order valence-corrected chi connectivity index (χ1v) is 19.3. The Hall–Kier alpha value is -5.74. The molecule has 0 unspecified atom stereocenters. The van der Waals surface area contributed by atoms with Gasteiger partial charge in [-0.15, -0.1) is 0 Å². The standard InChI is InChI=1S/C45H51N5O5/c1-4-25-49(42(52)27-32-12-7-5-8-13-32)30-41(51)47-36-19-17-33(18-20-36)40-29-35-28-37(21-22-39(35)55-40)48-44(53)38-16-11-26-50(38)45(54)43(46-24-23-31(2)3)34-14-9-6-10-15-34/h5-10,12-15,17-22,28-29,31,38,43,46H,4,11,16,23-27,30H2,1-3H3,(H,47,51)(H,48,53)/t38-,43+/m0/s1. The predicted octanol–water partition coefficient (Wildman–Crippen LogP) is 7.83. The Morgan fingerprint density at radius 1 is 0.855 bits per heavy atom. The zero-order chi connectivity index (χ0) is 38.7. The first-order valence-electron chi connectivity index (χ1n) is 19.3. The fourth-order valence-electron chi connectivity index (χ4n) is 7.00. The van der Waals surface area contributed by atoms with E-state index in [2.05, 4.69) is 29.8 Å². The lowest BCUT2D eigenvalue weighted by atomic mass is 10.0. The number of hydrogen-bond donors (Lipinski definition) is 3. The predicted molar refractivity (Wildman–Crippen MR) is 217 cm³/mol. The fraction of sp³-hybridized carbons (Fsp3) is 0.333. The van der Waals surface area contributed by atoms with Crippen LogP contribution in [-0.2, 0) is 25.6 Å². The molecule has 2 heterocycles. The van der Waals surface area contributed by atoms with Gasteiger partial charge in [0.2, 0.25) is 23.6 Å². The van der Waals surface area contributed by atoms with Crippen LogP contribution in [-0.4, -0.2) is 65.6 Å². The van der Waals surface area contributed by atoms with Crippen LogP contribution >= 0.6 is 0 Å². The van der Waals surface area contributed by atoms with Gasteiger partial charge in [-0.2, -0.15) is 0 Å². The Balaban J connectivity index is 1.07. The molecule has 2 atom stereocenters. The van der Waals surface area contributed by atoms with Gasteiger partial charge in [0.05, 0.1) is 13.0 Å². The molecule has 1 aromatic heterocycles. The zero-order valence-electron chi connectivity index (χ0n) is 31.9. The maximum atomic E-state index is 14.0. The van der Waals surface area contributed by atoms with E-state index in [9.17, 15) is 19.2 Å². The van der Waals surface area contributed by atoms with Crippen molar-refractivity contribution in [2.24, 2.45) is 5.92 Å². The summed E-state index contributed by atoms with van der Waals surface area (Å²) in [6, 6.07) is 32.9. The van der Waals surface area contributed by atoms with Crippen molar-refractivity contribution in [1.29, 1.82) is 0 Å². The normalized spacial score (nSPS) is 14.5. The van der Waals surface area contributed by atoms with Crippen LogP contribution in [0.3, 0.4) is 0 Å². The van der Waals surface area contributed by atoms with Crippen molar-refractivity contribution in [2.45, 2.75) is 65.0 Å². The molecule has 0 bridgehead atoms. The lowest BCUT2D eigenvalue weighted by molar-refractivity contribution is -0.138. The van der Waals surface area contributed by atoms with Gasteiger partial charge < -0.3 is 30.2 Å². The van der Waals surface area contributed by atoms with E-state index in [0.717, 1.165) is 41.3 Å². The van der Waals surface area contributed by atoms with Gasteiger partial charge in [0, 0.05) is 35.4 Å². The average molecular weight is 742 g/mol. The van der Waals surface area contributed by atoms with Crippen molar-refractivity contribution in [3.05, 3.63) is 120 Å². The molecule has 0 saturated carbocycles. The highest BCUT2D eigenvalue weighted by molar-refractivity contribution is 6.00. The number of amides is 4. The van der Waals surface area contributed by atoms with Gasteiger partial charge in [-0.25, -0.2) is 0 Å². The fourth-order valence-corrected chi connectivity index (χ4v) is 7.00. The van der Waals surface area contributed by atoms with Crippen LogP contribution in [0.2, 0.25) is 0 Å². The van der Waals surface area contributed by atoms with Crippen LogP contribution in [0.1, 0.15) is 63.6 Å². The van der Waals surface area contributed by atoms with Crippen molar-refractivity contribution >= 4 is 46.0 Å². The van der Waals surface area contributed by atoms with Gasteiger partial charge in [-0.1, -0.05) is 81.4 Å². The van der Waals surface area contributed by atoms with Crippen LogP contribution < -0.4 is 16.0 Å². The SMILES string of the molecule is CCCN(CC(=O)Nc1ccc(-c2cc3cc(NC(=O)[C@@H]4CCCN4C(=O)[C@H](NCCC(C)C)c4ccccc4)ccc3o2)cc1)C(=O)Cc1ccccc1. The molecule has 0 aliphatic carbocycles. The molecule has 4 aromatic carbocycles. The average Bonchev–Trinajstić information content (AvgIpc) is 3.85. The second-order valence-electron chi connectivity index (χ2n) is 14.6. The molecule has 1 aliphatic heterocycles. The molecular formula is C45H51N5O5. The summed E-state index contributed by atoms with van der Waals surface area (Å²) in [5.74, 6) is 0.506. The van der Waals surface area contributed by atoms with E-state index >= 15 is 0 Å². The molecule has 0 radical (unpaired) electrons.